The zero-order chi connectivity index (χ0) is 19.9. The first kappa shape index (κ1) is 19.8. The number of benzene rings is 2. The van der Waals surface area contributed by atoms with Crippen molar-refractivity contribution in [2.75, 3.05) is 19.0 Å². The molecule has 2 amide bonds. The van der Waals surface area contributed by atoms with E-state index in [2.05, 4.69) is 15.6 Å². The van der Waals surface area contributed by atoms with Crippen LogP contribution in [0.4, 0.5) is 11.4 Å². The zero-order valence-corrected chi connectivity index (χ0v) is 16.4. The normalized spacial score (nSPS) is 17.3. The van der Waals surface area contributed by atoms with E-state index in [1.54, 1.807) is 31.4 Å². The molecule has 1 atom stereocenters. The fourth-order valence-electron chi connectivity index (χ4n) is 2.57. The summed E-state index contributed by atoms with van der Waals surface area (Å²) in [5.41, 5.74) is 1.32. The van der Waals surface area contributed by atoms with Gasteiger partial charge in [0.2, 0.25) is 11.8 Å². The van der Waals surface area contributed by atoms with Crippen LogP contribution < -0.4 is 20.1 Å². The summed E-state index contributed by atoms with van der Waals surface area (Å²) in [6.07, 6.45) is 0.0516. The summed E-state index contributed by atoms with van der Waals surface area (Å²) < 4.78 is 10.5. The molecule has 1 aliphatic heterocycles. The first-order chi connectivity index (χ1) is 13.6. The number of ether oxygens (including phenoxy) is 2. The number of aliphatic imine (C=N–C) groups is 1. The van der Waals surface area contributed by atoms with Gasteiger partial charge < -0.3 is 20.1 Å². The van der Waals surface area contributed by atoms with Crippen LogP contribution in [0.25, 0.3) is 0 Å². The van der Waals surface area contributed by atoms with Gasteiger partial charge in [-0.2, -0.15) is 0 Å². The Labute approximate surface area is 167 Å². The number of nitrogens with zero attached hydrogens (tertiary/aromatic N) is 1. The minimum atomic E-state index is -0.521. The van der Waals surface area contributed by atoms with Gasteiger partial charge in [0.15, 0.2) is 5.17 Å². The molecule has 28 heavy (non-hydrogen) atoms. The number of amides is 2. The Hall–Kier alpha value is -3.00. The highest BCUT2D eigenvalue weighted by Gasteiger charge is 2.32. The summed E-state index contributed by atoms with van der Waals surface area (Å²) in [5, 5.41) is 5.46. The summed E-state index contributed by atoms with van der Waals surface area (Å²) in [6, 6.07) is 14.3. The highest BCUT2D eigenvalue weighted by atomic mass is 32.2. The summed E-state index contributed by atoms with van der Waals surface area (Å²) in [7, 11) is 1.56. The third-order valence-electron chi connectivity index (χ3n) is 3.88. The Bertz CT molecular complexity index is 883. The Morgan fingerprint density at radius 2 is 2.00 bits per heavy atom. The second-order valence-corrected chi connectivity index (χ2v) is 7.12. The van der Waals surface area contributed by atoms with E-state index in [4.69, 9.17) is 9.47 Å². The van der Waals surface area contributed by atoms with Gasteiger partial charge in [-0.05, 0) is 43.3 Å². The van der Waals surface area contributed by atoms with Crippen molar-refractivity contribution in [2.24, 2.45) is 4.99 Å². The maximum atomic E-state index is 12.3. The van der Waals surface area contributed by atoms with Crippen LogP contribution in [-0.4, -0.2) is 35.9 Å². The summed E-state index contributed by atoms with van der Waals surface area (Å²) >= 11 is 1.25. The number of methoxy groups -OCH3 is 1. The number of carbonyl (C=O) groups excluding carboxylic acids is 2. The van der Waals surface area contributed by atoms with Crippen LogP contribution in [0.15, 0.2) is 53.5 Å². The molecular weight excluding hydrogens is 378 g/mol. The molecule has 1 aliphatic rings. The van der Waals surface area contributed by atoms with Crippen molar-refractivity contribution in [1.29, 1.82) is 0 Å². The third kappa shape index (κ3) is 5.26. The Morgan fingerprint density at radius 1 is 1.21 bits per heavy atom. The van der Waals surface area contributed by atoms with E-state index in [0.717, 1.165) is 5.75 Å². The molecule has 7 nitrogen and oxygen atoms in total. The van der Waals surface area contributed by atoms with Gasteiger partial charge in [-0.1, -0.05) is 17.8 Å². The van der Waals surface area contributed by atoms with Gasteiger partial charge in [0, 0.05) is 18.2 Å². The molecule has 0 spiro atoms. The van der Waals surface area contributed by atoms with Crippen molar-refractivity contribution in [3.8, 4) is 11.5 Å². The smallest absolute Gasteiger partial charge is 0.240 e. The Balaban J connectivity index is 1.58. The molecule has 2 N–H and O–H groups in total. The lowest BCUT2D eigenvalue weighted by Gasteiger charge is -2.08. The predicted octanol–water partition coefficient (Wildman–Crippen LogP) is 3.34. The van der Waals surface area contributed by atoms with Crippen LogP contribution in [0.3, 0.4) is 0 Å². The van der Waals surface area contributed by atoms with Gasteiger partial charge in [0.25, 0.3) is 0 Å². The minimum absolute atomic E-state index is 0.0516. The number of anilines is 1. The molecule has 8 heteroatoms. The zero-order valence-electron chi connectivity index (χ0n) is 15.6. The summed E-state index contributed by atoms with van der Waals surface area (Å²) in [6.45, 7) is 2.52. The first-order valence-electron chi connectivity index (χ1n) is 8.80. The van der Waals surface area contributed by atoms with Crippen LogP contribution in [0, 0.1) is 0 Å². The van der Waals surface area contributed by atoms with Gasteiger partial charge in [-0.3, -0.25) is 9.59 Å². The van der Waals surface area contributed by atoms with E-state index < -0.39 is 5.25 Å². The number of rotatable bonds is 7. The molecule has 0 aliphatic carbocycles. The molecular formula is C20H21N3O4S. The number of hydrogen-bond acceptors (Lipinski definition) is 6. The lowest BCUT2D eigenvalue weighted by Crippen LogP contribution is -2.28. The van der Waals surface area contributed by atoms with E-state index in [9.17, 15) is 9.59 Å². The monoisotopic (exact) mass is 399 g/mol. The van der Waals surface area contributed by atoms with E-state index in [0.29, 0.717) is 28.9 Å². The van der Waals surface area contributed by atoms with Crippen molar-refractivity contribution in [1.82, 2.24) is 5.32 Å². The van der Waals surface area contributed by atoms with Gasteiger partial charge in [-0.15, -0.1) is 0 Å². The number of amidine groups is 1. The van der Waals surface area contributed by atoms with Crippen molar-refractivity contribution >= 4 is 40.1 Å². The van der Waals surface area contributed by atoms with Crippen LogP contribution in [0.5, 0.6) is 11.5 Å². The van der Waals surface area contributed by atoms with E-state index in [1.807, 2.05) is 31.2 Å². The SMILES string of the molecule is CCOc1ccc(N=C2NC(=O)[C@@H](CC(=O)Nc3cccc(OC)c3)S2)cc1. The standard InChI is InChI=1S/C20H21N3O4S/c1-3-27-15-9-7-13(8-10-15)22-20-23-19(25)17(28-20)12-18(24)21-14-5-4-6-16(11-14)26-2/h4-11,17H,3,12H2,1-2H3,(H,21,24)(H,22,23,25)/t17-/m1/s1. The molecule has 0 radical (unpaired) electrons. The molecule has 0 aromatic heterocycles. The average molecular weight is 399 g/mol. The Kier molecular flexibility index (Phi) is 6.54. The molecule has 146 valence electrons. The van der Waals surface area contributed by atoms with Gasteiger partial charge in [-0.25, -0.2) is 4.99 Å². The van der Waals surface area contributed by atoms with Crippen molar-refractivity contribution < 1.29 is 19.1 Å². The second-order valence-electron chi connectivity index (χ2n) is 5.92. The fraction of sp³-hybridized carbons (Fsp3) is 0.250. The number of nitrogens with one attached hydrogen (secondary N) is 2. The minimum Gasteiger partial charge on any atom is -0.497 e. The van der Waals surface area contributed by atoms with Crippen molar-refractivity contribution in [3.05, 3.63) is 48.5 Å². The van der Waals surface area contributed by atoms with Gasteiger partial charge in [0.05, 0.1) is 19.4 Å². The highest BCUT2D eigenvalue weighted by molar-refractivity contribution is 8.15. The van der Waals surface area contributed by atoms with E-state index in [-0.39, 0.29) is 18.2 Å². The fourth-order valence-corrected chi connectivity index (χ4v) is 3.56. The summed E-state index contributed by atoms with van der Waals surface area (Å²) in [5.74, 6) is 0.941. The lowest BCUT2D eigenvalue weighted by molar-refractivity contribution is -0.122. The number of carbonyl (C=O) groups is 2. The van der Waals surface area contributed by atoms with Crippen LogP contribution in [-0.2, 0) is 9.59 Å². The molecule has 0 unspecified atom stereocenters. The quantitative estimate of drug-likeness (QED) is 0.745. The van der Waals surface area contributed by atoms with E-state index >= 15 is 0 Å². The molecule has 3 rings (SSSR count). The van der Waals surface area contributed by atoms with Crippen molar-refractivity contribution in [2.45, 2.75) is 18.6 Å². The van der Waals surface area contributed by atoms with Crippen LogP contribution >= 0.6 is 11.8 Å². The molecule has 0 saturated carbocycles. The number of thioether (sulfide) groups is 1. The number of hydrogen-bond donors (Lipinski definition) is 2. The molecule has 1 fully saturated rings. The van der Waals surface area contributed by atoms with Crippen LogP contribution in [0.2, 0.25) is 0 Å². The van der Waals surface area contributed by atoms with Gasteiger partial charge >= 0.3 is 0 Å². The third-order valence-corrected chi connectivity index (χ3v) is 4.96. The predicted molar refractivity (Wildman–Crippen MR) is 110 cm³/mol. The maximum absolute atomic E-state index is 12.3. The maximum Gasteiger partial charge on any atom is 0.240 e. The molecule has 1 heterocycles. The molecule has 2 aromatic carbocycles. The topological polar surface area (TPSA) is 89.0 Å². The van der Waals surface area contributed by atoms with Crippen molar-refractivity contribution in [3.63, 3.8) is 0 Å². The molecule has 1 saturated heterocycles. The molecule has 2 aromatic rings. The largest absolute Gasteiger partial charge is 0.497 e. The molecule has 0 bridgehead atoms. The van der Waals surface area contributed by atoms with E-state index in [1.165, 1.54) is 11.8 Å². The second kappa shape index (κ2) is 9.27. The van der Waals surface area contributed by atoms with Crippen LogP contribution in [0.1, 0.15) is 13.3 Å². The van der Waals surface area contributed by atoms with Gasteiger partial charge in [0.1, 0.15) is 16.7 Å². The summed E-state index contributed by atoms with van der Waals surface area (Å²) in [4.78, 5) is 28.9. The average Bonchev–Trinajstić information content (AvgIpc) is 3.02. The Morgan fingerprint density at radius 3 is 2.71 bits per heavy atom. The first-order valence-corrected chi connectivity index (χ1v) is 9.68. The highest BCUT2D eigenvalue weighted by Crippen LogP contribution is 2.27. The lowest BCUT2D eigenvalue weighted by atomic mass is 10.2.